The van der Waals surface area contributed by atoms with E-state index in [0.29, 0.717) is 11.4 Å². The second-order valence-corrected chi connectivity index (χ2v) is 6.57. The van der Waals surface area contributed by atoms with Gasteiger partial charge in [-0.05, 0) is 48.5 Å². The van der Waals surface area contributed by atoms with Gasteiger partial charge in [0.15, 0.2) is 6.61 Å². The highest BCUT2D eigenvalue weighted by molar-refractivity contribution is 5.93. The van der Waals surface area contributed by atoms with Gasteiger partial charge in [0, 0.05) is 17.0 Å². The summed E-state index contributed by atoms with van der Waals surface area (Å²) in [4.78, 5) is 17.0. The third-order valence-electron chi connectivity index (χ3n) is 4.57. The van der Waals surface area contributed by atoms with Crippen LogP contribution in [0, 0.1) is 5.82 Å². The molecule has 4 aromatic rings. The molecule has 0 aliphatic carbocycles. The summed E-state index contributed by atoms with van der Waals surface area (Å²) in [6, 6.07) is 22.8. The Labute approximate surface area is 173 Å². The summed E-state index contributed by atoms with van der Waals surface area (Å²) in [6.07, 6.45) is 0. The normalized spacial score (nSPS) is 10.6. The lowest BCUT2D eigenvalue weighted by Crippen LogP contribution is -2.20. The quantitative estimate of drug-likeness (QED) is 0.489. The van der Waals surface area contributed by atoms with Gasteiger partial charge in [-0.3, -0.25) is 4.79 Å². The van der Waals surface area contributed by atoms with Crippen molar-refractivity contribution in [1.82, 2.24) is 4.98 Å². The number of methoxy groups -OCH3 is 1. The summed E-state index contributed by atoms with van der Waals surface area (Å²) < 4.78 is 24.7. The molecule has 0 unspecified atom stereocenters. The summed E-state index contributed by atoms with van der Waals surface area (Å²) in [5.41, 5.74) is 2.46. The molecule has 0 saturated carbocycles. The molecular formula is C24H19FN2O3. The van der Waals surface area contributed by atoms with Crippen molar-refractivity contribution < 1.29 is 18.7 Å². The predicted octanol–water partition coefficient (Wildman–Crippen LogP) is 5.07. The Morgan fingerprint density at radius 2 is 1.73 bits per heavy atom. The lowest BCUT2D eigenvalue weighted by molar-refractivity contribution is -0.118. The van der Waals surface area contributed by atoms with Crippen molar-refractivity contribution in [3.63, 3.8) is 0 Å². The van der Waals surface area contributed by atoms with Gasteiger partial charge in [0.2, 0.25) is 0 Å². The summed E-state index contributed by atoms with van der Waals surface area (Å²) in [7, 11) is 1.61. The molecular weight excluding hydrogens is 383 g/mol. The molecule has 4 rings (SSSR count). The van der Waals surface area contributed by atoms with Crippen molar-refractivity contribution in [1.29, 1.82) is 0 Å². The molecule has 0 aliphatic heterocycles. The van der Waals surface area contributed by atoms with Gasteiger partial charge < -0.3 is 14.8 Å². The van der Waals surface area contributed by atoms with E-state index in [9.17, 15) is 9.18 Å². The smallest absolute Gasteiger partial charge is 0.262 e. The van der Waals surface area contributed by atoms with Crippen LogP contribution in [0.3, 0.4) is 0 Å². The Balaban J connectivity index is 1.59. The minimum absolute atomic E-state index is 0.115. The topological polar surface area (TPSA) is 60.5 Å². The minimum atomic E-state index is -0.498. The molecule has 1 aromatic heterocycles. The van der Waals surface area contributed by atoms with E-state index in [0.717, 1.165) is 22.2 Å². The van der Waals surface area contributed by atoms with Crippen LogP contribution in [0.4, 0.5) is 10.1 Å². The molecule has 1 N–H and O–H groups in total. The monoisotopic (exact) mass is 402 g/mol. The number of aromatic nitrogens is 1. The van der Waals surface area contributed by atoms with E-state index >= 15 is 0 Å². The lowest BCUT2D eigenvalue weighted by atomic mass is 10.1. The minimum Gasteiger partial charge on any atom is -0.497 e. The van der Waals surface area contributed by atoms with Gasteiger partial charge in [-0.2, -0.15) is 0 Å². The molecule has 150 valence electrons. The van der Waals surface area contributed by atoms with Crippen LogP contribution in [0.1, 0.15) is 0 Å². The number of nitrogens with zero attached hydrogens (tertiary/aromatic N) is 1. The SMILES string of the molecule is COc1ccc(-c2cc(OCC(=O)Nc3ccccc3F)c3ccccc3n2)cc1. The molecule has 0 fully saturated rings. The Bertz CT molecular complexity index is 1190. The summed E-state index contributed by atoms with van der Waals surface area (Å²) in [6.45, 7) is -0.260. The van der Waals surface area contributed by atoms with Crippen molar-refractivity contribution in [2.75, 3.05) is 19.0 Å². The van der Waals surface area contributed by atoms with Gasteiger partial charge in [0.25, 0.3) is 5.91 Å². The highest BCUT2D eigenvalue weighted by atomic mass is 19.1. The van der Waals surface area contributed by atoms with Gasteiger partial charge in [-0.15, -0.1) is 0 Å². The van der Waals surface area contributed by atoms with Gasteiger partial charge in [-0.1, -0.05) is 24.3 Å². The Morgan fingerprint density at radius 3 is 2.50 bits per heavy atom. The number of pyridine rings is 1. The number of nitrogens with one attached hydrogen (secondary N) is 1. The van der Waals surface area contributed by atoms with Crippen molar-refractivity contribution in [3.05, 3.63) is 84.7 Å². The standard InChI is InChI=1S/C24H19FN2O3/c1-29-17-12-10-16(11-13-17)22-14-23(18-6-2-4-8-20(18)26-22)30-15-24(28)27-21-9-5-3-7-19(21)25/h2-14H,15H2,1H3,(H,27,28). The number of amides is 1. The largest absolute Gasteiger partial charge is 0.497 e. The molecule has 0 radical (unpaired) electrons. The Morgan fingerprint density at radius 1 is 1.00 bits per heavy atom. The van der Waals surface area contributed by atoms with Crippen LogP contribution in [0.15, 0.2) is 78.9 Å². The molecule has 0 aliphatic rings. The first-order valence-corrected chi connectivity index (χ1v) is 9.35. The molecule has 1 amide bonds. The van der Waals surface area contributed by atoms with Gasteiger partial charge >= 0.3 is 0 Å². The van der Waals surface area contributed by atoms with Crippen LogP contribution < -0.4 is 14.8 Å². The van der Waals surface area contributed by atoms with Gasteiger partial charge in [0.05, 0.1) is 24.0 Å². The van der Waals surface area contributed by atoms with Crippen LogP contribution in [-0.2, 0) is 4.79 Å². The van der Waals surface area contributed by atoms with E-state index in [2.05, 4.69) is 5.32 Å². The fourth-order valence-corrected chi connectivity index (χ4v) is 3.06. The first-order chi connectivity index (χ1) is 14.6. The van der Waals surface area contributed by atoms with E-state index < -0.39 is 11.7 Å². The molecule has 5 nitrogen and oxygen atoms in total. The van der Waals surface area contributed by atoms with Crippen LogP contribution in [0.25, 0.3) is 22.2 Å². The number of hydrogen-bond acceptors (Lipinski definition) is 4. The van der Waals surface area contributed by atoms with Crippen molar-refractivity contribution in [2.24, 2.45) is 0 Å². The van der Waals surface area contributed by atoms with Gasteiger partial charge in [0.1, 0.15) is 17.3 Å². The van der Waals surface area contributed by atoms with E-state index in [4.69, 9.17) is 14.5 Å². The van der Waals surface area contributed by atoms with Crippen LogP contribution in [0.2, 0.25) is 0 Å². The molecule has 30 heavy (non-hydrogen) atoms. The summed E-state index contributed by atoms with van der Waals surface area (Å²) >= 11 is 0. The number of hydrogen-bond donors (Lipinski definition) is 1. The average molecular weight is 402 g/mol. The van der Waals surface area contributed by atoms with E-state index in [1.54, 1.807) is 25.3 Å². The number of halogens is 1. The zero-order chi connectivity index (χ0) is 20.9. The number of ether oxygens (including phenoxy) is 2. The predicted molar refractivity (Wildman–Crippen MR) is 114 cm³/mol. The number of fused-ring (bicyclic) bond motifs is 1. The fraction of sp³-hybridized carbons (Fsp3) is 0.0833. The first-order valence-electron chi connectivity index (χ1n) is 9.35. The summed E-state index contributed by atoms with van der Waals surface area (Å²) in [5.74, 6) is 0.324. The highest BCUT2D eigenvalue weighted by Gasteiger charge is 2.12. The second-order valence-electron chi connectivity index (χ2n) is 6.57. The number of carbonyl (C=O) groups excluding carboxylic acids is 1. The van der Waals surface area contributed by atoms with Gasteiger partial charge in [-0.25, -0.2) is 9.37 Å². The van der Waals surface area contributed by atoms with Crippen LogP contribution >= 0.6 is 0 Å². The number of carbonyl (C=O) groups is 1. The Kier molecular flexibility index (Phi) is 5.57. The zero-order valence-electron chi connectivity index (χ0n) is 16.3. The highest BCUT2D eigenvalue weighted by Crippen LogP contribution is 2.30. The van der Waals surface area contributed by atoms with Crippen molar-refractivity contribution >= 4 is 22.5 Å². The third kappa shape index (κ3) is 4.22. The molecule has 3 aromatic carbocycles. The number of para-hydroxylation sites is 2. The van der Waals surface area contributed by atoms with E-state index in [1.165, 1.54) is 12.1 Å². The van der Waals surface area contributed by atoms with Crippen LogP contribution in [0.5, 0.6) is 11.5 Å². The fourth-order valence-electron chi connectivity index (χ4n) is 3.06. The average Bonchev–Trinajstić information content (AvgIpc) is 2.79. The molecule has 0 saturated heterocycles. The van der Waals surface area contributed by atoms with Crippen molar-refractivity contribution in [2.45, 2.75) is 0 Å². The number of anilines is 1. The molecule has 0 atom stereocenters. The lowest BCUT2D eigenvalue weighted by Gasteiger charge is -2.12. The Hall–Kier alpha value is -3.93. The maximum Gasteiger partial charge on any atom is 0.262 e. The van der Waals surface area contributed by atoms with Crippen LogP contribution in [-0.4, -0.2) is 24.6 Å². The van der Waals surface area contributed by atoms with E-state index in [1.807, 2.05) is 48.5 Å². The third-order valence-corrected chi connectivity index (χ3v) is 4.57. The number of benzene rings is 3. The van der Waals surface area contributed by atoms with Crippen molar-refractivity contribution in [3.8, 4) is 22.8 Å². The maximum atomic E-state index is 13.7. The first kappa shape index (κ1) is 19.4. The molecule has 0 bridgehead atoms. The zero-order valence-corrected chi connectivity index (χ0v) is 16.3. The molecule has 0 spiro atoms. The molecule has 1 heterocycles. The summed E-state index contributed by atoms with van der Waals surface area (Å²) in [5, 5.41) is 3.30. The van der Waals surface area contributed by atoms with E-state index in [-0.39, 0.29) is 12.3 Å². The maximum absolute atomic E-state index is 13.7. The number of rotatable bonds is 6. The second kappa shape index (κ2) is 8.61. The molecule has 6 heteroatoms.